The monoisotopic (exact) mass is 332 g/mol. The maximum atomic E-state index is 13.9. The van der Waals surface area contributed by atoms with Crippen molar-refractivity contribution in [3.05, 3.63) is 29.1 Å². The Morgan fingerprint density at radius 3 is 2.71 bits per heavy atom. The molecule has 1 fully saturated rings. The van der Waals surface area contributed by atoms with Crippen molar-refractivity contribution in [2.24, 2.45) is 5.73 Å². The van der Waals surface area contributed by atoms with Crippen LogP contribution in [0.2, 0.25) is 0 Å². The topological polar surface area (TPSA) is 63.4 Å². The Labute approximate surface area is 129 Å². The summed E-state index contributed by atoms with van der Waals surface area (Å²) in [7, 11) is -3.62. The van der Waals surface area contributed by atoms with Gasteiger partial charge < -0.3 is 5.73 Å². The van der Waals surface area contributed by atoms with Gasteiger partial charge in [0.15, 0.2) is 0 Å². The Balaban J connectivity index is 2.46. The van der Waals surface area contributed by atoms with Crippen LogP contribution in [-0.4, -0.2) is 36.3 Å². The van der Waals surface area contributed by atoms with Gasteiger partial charge in [0.05, 0.1) is 4.90 Å². The third kappa shape index (κ3) is 3.11. The lowest BCUT2D eigenvalue weighted by atomic mass is 10.1. The first-order valence-electron chi connectivity index (χ1n) is 6.91. The zero-order chi connectivity index (χ0) is 15.8. The SMILES string of the molecule is Cc1cc(S(=O)(=O)N2CCSC(C)C2C)cc(CN)c1F. The quantitative estimate of drug-likeness (QED) is 0.921. The number of halogens is 1. The Hall–Kier alpha value is -0.630. The first-order valence-corrected chi connectivity index (χ1v) is 9.40. The van der Waals surface area contributed by atoms with E-state index in [9.17, 15) is 12.8 Å². The average Bonchev–Trinajstić information content (AvgIpc) is 2.44. The van der Waals surface area contributed by atoms with Crippen LogP contribution in [0.25, 0.3) is 0 Å². The molecule has 2 atom stereocenters. The van der Waals surface area contributed by atoms with E-state index in [1.54, 1.807) is 18.7 Å². The van der Waals surface area contributed by atoms with Gasteiger partial charge in [0, 0.05) is 35.7 Å². The zero-order valence-electron chi connectivity index (χ0n) is 12.5. The number of rotatable bonds is 3. The second-order valence-corrected chi connectivity index (χ2v) is 8.73. The predicted molar refractivity (Wildman–Crippen MR) is 84.3 cm³/mol. The normalized spacial score (nSPS) is 24.2. The summed E-state index contributed by atoms with van der Waals surface area (Å²) in [5, 5.41) is 0.240. The minimum atomic E-state index is -3.62. The molecule has 1 aromatic carbocycles. The predicted octanol–water partition coefficient (Wildman–Crippen LogP) is 2.11. The molecular formula is C14H21FN2O2S2. The molecule has 0 amide bonds. The summed E-state index contributed by atoms with van der Waals surface area (Å²) >= 11 is 1.77. The zero-order valence-corrected chi connectivity index (χ0v) is 14.1. The van der Waals surface area contributed by atoms with Gasteiger partial charge in [-0.05, 0) is 31.5 Å². The summed E-state index contributed by atoms with van der Waals surface area (Å²) in [6, 6.07) is 2.67. The molecule has 4 nitrogen and oxygen atoms in total. The van der Waals surface area contributed by atoms with Crippen LogP contribution in [0.4, 0.5) is 4.39 Å². The summed E-state index contributed by atoms with van der Waals surface area (Å²) in [4.78, 5) is 0.132. The Morgan fingerprint density at radius 2 is 2.10 bits per heavy atom. The molecule has 0 bridgehead atoms. The lowest BCUT2D eigenvalue weighted by Gasteiger charge is -2.36. The van der Waals surface area contributed by atoms with E-state index >= 15 is 0 Å². The fourth-order valence-electron chi connectivity index (χ4n) is 2.48. The molecule has 0 aromatic heterocycles. The van der Waals surface area contributed by atoms with Gasteiger partial charge in [-0.3, -0.25) is 0 Å². The van der Waals surface area contributed by atoms with Crippen molar-refractivity contribution in [2.45, 2.75) is 43.5 Å². The van der Waals surface area contributed by atoms with Crippen LogP contribution in [0.3, 0.4) is 0 Å². The summed E-state index contributed by atoms with van der Waals surface area (Å²) in [6.07, 6.45) is 0. The molecule has 1 heterocycles. The standard InChI is InChI=1S/C14H21FN2O2S2/c1-9-6-13(7-12(8-16)14(9)15)21(18,19)17-4-5-20-11(3)10(17)2/h6-7,10-11H,4-5,8,16H2,1-3H3. The number of hydrogen-bond donors (Lipinski definition) is 1. The van der Waals surface area contributed by atoms with Gasteiger partial charge in [-0.15, -0.1) is 0 Å². The smallest absolute Gasteiger partial charge is 0.243 e. The van der Waals surface area contributed by atoms with E-state index in [-0.39, 0.29) is 28.3 Å². The van der Waals surface area contributed by atoms with Crippen molar-refractivity contribution in [1.29, 1.82) is 0 Å². The van der Waals surface area contributed by atoms with Crippen LogP contribution in [0.5, 0.6) is 0 Å². The molecule has 118 valence electrons. The summed E-state index contributed by atoms with van der Waals surface area (Å²) < 4.78 is 41.0. The van der Waals surface area contributed by atoms with Crippen LogP contribution in [0, 0.1) is 12.7 Å². The van der Waals surface area contributed by atoms with Gasteiger partial charge in [0.25, 0.3) is 0 Å². The Bertz CT molecular complexity index is 634. The van der Waals surface area contributed by atoms with Crippen LogP contribution in [0.15, 0.2) is 17.0 Å². The molecule has 2 unspecified atom stereocenters. The molecular weight excluding hydrogens is 311 g/mol. The Morgan fingerprint density at radius 1 is 1.43 bits per heavy atom. The molecule has 0 aliphatic carbocycles. The molecule has 0 saturated carbocycles. The van der Waals surface area contributed by atoms with E-state index in [1.165, 1.54) is 16.4 Å². The highest BCUT2D eigenvalue weighted by Gasteiger charge is 2.35. The van der Waals surface area contributed by atoms with E-state index in [0.717, 1.165) is 5.75 Å². The van der Waals surface area contributed by atoms with Crippen molar-refractivity contribution >= 4 is 21.8 Å². The van der Waals surface area contributed by atoms with E-state index in [2.05, 4.69) is 0 Å². The van der Waals surface area contributed by atoms with Crippen LogP contribution in [-0.2, 0) is 16.6 Å². The van der Waals surface area contributed by atoms with Crippen LogP contribution >= 0.6 is 11.8 Å². The fourth-order valence-corrected chi connectivity index (χ4v) is 5.62. The molecule has 1 aliphatic heterocycles. The summed E-state index contributed by atoms with van der Waals surface area (Å²) in [6.45, 7) is 5.96. The first-order chi connectivity index (χ1) is 9.78. The fraction of sp³-hybridized carbons (Fsp3) is 0.571. The maximum Gasteiger partial charge on any atom is 0.243 e. The minimum absolute atomic E-state index is 0.0160. The molecule has 0 radical (unpaired) electrons. The lowest BCUT2D eigenvalue weighted by molar-refractivity contribution is 0.340. The van der Waals surface area contributed by atoms with Crippen molar-refractivity contribution in [2.75, 3.05) is 12.3 Å². The highest BCUT2D eigenvalue weighted by molar-refractivity contribution is 8.00. The number of benzene rings is 1. The van der Waals surface area contributed by atoms with E-state index < -0.39 is 15.8 Å². The number of nitrogens with zero attached hydrogens (tertiary/aromatic N) is 1. The van der Waals surface area contributed by atoms with E-state index in [1.807, 2.05) is 13.8 Å². The van der Waals surface area contributed by atoms with Gasteiger partial charge in [0.1, 0.15) is 5.82 Å². The molecule has 21 heavy (non-hydrogen) atoms. The van der Waals surface area contributed by atoms with Gasteiger partial charge in [-0.1, -0.05) is 6.92 Å². The molecule has 1 aliphatic rings. The van der Waals surface area contributed by atoms with Crippen LogP contribution in [0.1, 0.15) is 25.0 Å². The number of nitrogens with two attached hydrogens (primary N) is 1. The minimum Gasteiger partial charge on any atom is -0.326 e. The van der Waals surface area contributed by atoms with Gasteiger partial charge in [-0.2, -0.15) is 16.1 Å². The van der Waals surface area contributed by atoms with E-state index in [0.29, 0.717) is 12.1 Å². The van der Waals surface area contributed by atoms with Crippen molar-refractivity contribution in [3.8, 4) is 0 Å². The summed E-state index contributed by atoms with van der Waals surface area (Å²) in [5.74, 6) is 0.348. The molecule has 1 saturated heterocycles. The van der Waals surface area contributed by atoms with Gasteiger partial charge >= 0.3 is 0 Å². The molecule has 1 aromatic rings. The third-order valence-corrected chi connectivity index (χ3v) is 7.26. The first kappa shape index (κ1) is 16.7. The Kier molecular flexibility index (Phi) is 4.97. The lowest BCUT2D eigenvalue weighted by Crippen LogP contribution is -2.47. The second kappa shape index (κ2) is 6.24. The number of sulfonamides is 1. The van der Waals surface area contributed by atoms with E-state index in [4.69, 9.17) is 5.73 Å². The number of hydrogen-bond acceptors (Lipinski definition) is 4. The molecule has 0 spiro atoms. The van der Waals surface area contributed by atoms with Crippen molar-refractivity contribution in [1.82, 2.24) is 4.31 Å². The second-order valence-electron chi connectivity index (χ2n) is 5.35. The van der Waals surface area contributed by atoms with Gasteiger partial charge in [-0.25, -0.2) is 12.8 Å². The number of aryl methyl sites for hydroxylation is 1. The molecule has 2 N–H and O–H groups in total. The van der Waals surface area contributed by atoms with Crippen molar-refractivity contribution in [3.63, 3.8) is 0 Å². The molecule has 2 rings (SSSR count). The van der Waals surface area contributed by atoms with Gasteiger partial charge in [0.2, 0.25) is 10.0 Å². The number of thioether (sulfide) groups is 1. The highest BCUT2D eigenvalue weighted by atomic mass is 32.2. The molecule has 7 heteroatoms. The van der Waals surface area contributed by atoms with Crippen molar-refractivity contribution < 1.29 is 12.8 Å². The average molecular weight is 332 g/mol. The third-order valence-electron chi connectivity index (χ3n) is 3.96. The van der Waals surface area contributed by atoms with Crippen LogP contribution < -0.4 is 5.73 Å². The summed E-state index contributed by atoms with van der Waals surface area (Å²) in [5.41, 5.74) is 6.05. The largest absolute Gasteiger partial charge is 0.326 e. The maximum absolute atomic E-state index is 13.9. The highest BCUT2D eigenvalue weighted by Crippen LogP contribution is 2.30.